The van der Waals surface area contributed by atoms with Crippen molar-refractivity contribution in [2.75, 3.05) is 29.0 Å². The third-order valence-electron chi connectivity index (χ3n) is 4.59. The van der Waals surface area contributed by atoms with E-state index in [1.165, 1.54) is 24.9 Å². The Morgan fingerprint density at radius 2 is 1.83 bits per heavy atom. The molecule has 1 heterocycles. The Morgan fingerprint density at radius 3 is 2.54 bits per heavy atom. The van der Waals surface area contributed by atoms with Crippen molar-refractivity contribution in [3.8, 4) is 0 Å². The molecule has 2 aromatic rings. The van der Waals surface area contributed by atoms with Crippen molar-refractivity contribution in [2.24, 2.45) is 0 Å². The van der Waals surface area contributed by atoms with Gasteiger partial charge in [-0.2, -0.15) is 0 Å². The van der Waals surface area contributed by atoms with E-state index in [-0.39, 0.29) is 5.91 Å². The number of nitrogens with zero attached hydrogens (tertiary/aromatic N) is 1. The minimum atomic E-state index is -0.126. The van der Waals surface area contributed by atoms with Gasteiger partial charge in [-0.3, -0.25) is 4.79 Å². The molecule has 4 heteroatoms. The SMILES string of the molecule is Cc1cccc(C(=O)Nc2cc(N3CCCCC3)c(C)cc2N)c1. The van der Waals surface area contributed by atoms with Crippen molar-refractivity contribution >= 4 is 23.0 Å². The number of nitrogens with two attached hydrogens (primary N) is 1. The van der Waals surface area contributed by atoms with Crippen LogP contribution in [0.15, 0.2) is 36.4 Å². The highest BCUT2D eigenvalue weighted by Gasteiger charge is 2.16. The first-order valence-electron chi connectivity index (χ1n) is 8.57. The van der Waals surface area contributed by atoms with E-state index >= 15 is 0 Å². The fourth-order valence-corrected chi connectivity index (χ4v) is 3.28. The fourth-order valence-electron chi connectivity index (χ4n) is 3.28. The summed E-state index contributed by atoms with van der Waals surface area (Å²) in [5, 5.41) is 2.97. The molecule has 0 unspecified atom stereocenters. The van der Waals surface area contributed by atoms with E-state index in [0.717, 1.165) is 24.2 Å². The number of benzene rings is 2. The highest BCUT2D eigenvalue weighted by molar-refractivity contribution is 6.06. The maximum atomic E-state index is 12.5. The van der Waals surface area contributed by atoms with Crippen LogP contribution in [0, 0.1) is 13.8 Å². The lowest BCUT2D eigenvalue weighted by molar-refractivity contribution is 0.102. The lowest BCUT2D eigenvalue weighted by Crippen LogP contribution is -2.30. The molecule has 3 N–H and O–H groups in total. The zero-order valence-electron chi connectivity index (χ0n) is 14.4. The van der Waals surface area contributed by atoms with Crippen LogP contribution in [0.25, 0.3) is 0 Å². The van der Waals surface area contributed by atoms with Crippen LogP contribution in [0.2, 0.25) is 0 Å². The number of carbonyl (C=O) groups excluding carboxylic acids is 1. The molecule has 1 fully saturated rings. The van der Waals surface area contributed by atoms with Gasteiger partial charge in [0.2, 0.25) is 0 Å². The molecule has 0 aromatic heterocycles. The van der Waals surface area contributed by atoms with E-state index in [2.05, 4.69) is 17.1 Å². The van der Waals surface area contributed by atoms with Gasteiger partial charge in [-0.05, 0) is 62.9 Å². The molecular weight excluding hydrogens is 298 g/mol. The quantitative estimate of drug-likeness (QED) is 0.835. The Morgan fingerprint density at radius 1 is 1.08 bits per heavy atom. The van der Waals surface area contributed by atoms with Crippen LogP contribution in [0.4, 0.5) is 17.1 Å². The first kappa shape index (κ1) is 16.4. The molecular formula is C20H25N3O. The van der Waals surface area contributed by atoms with Crippen LogP contribution < -0.4 is 16.0 Å². The molecule has 0 radical (unpaired) electrons. The summed E-state index contributed by atoms with van der Waals surface area (Å²) in [5.41, 5.74) is 11.5. The Balaban J connectivity index is 1.86. The van der Waals surface area contributed by atoms with Crippen molar-refractivity contribution in [3.05, 3.63) is 53.1 Å². The standard InChI is InChI=1S/C20H25N3O/c1-14-7-6-8-16(11-14)20(24)22-18-13-19(15(2)12-17(18)21)23-9-4-3-5-10-23/h6-8,11-13H,3-5,9-10,21H2,1-2H3,(H,22,24). The van der Waals surface area contributed by atoms with E-state index in [1.54, 1.807) is 0 Å². The fraction of sp³-hybridized carbons (Fsp3) is 0.350. The van der Waals surface area contributed by atoms with Crippen molar-refractivity contribution < 1.29 is 4.79 Å². The summed E-state index contributed by atoms with van der Waals surface area (Å²) in [6.07, 6.45) is 3.73. The molecule has 4 nitrogen and oxygen atoms in total. The number of hydrogen-bond acceptors (Lipinski definition) is 3. The van der Waals surface area contributed by atoms with Gasteiger partial charge in [0.25, 0.3) is 5.91 Å². The average molecular weight is 323 g/mol. The number of nitrogens with one attached hydrogen (secondary N) is 1. The maximum Gasteiger partial charge on any atom is 0.255 e. The molecule has 3 rings (SSSR count). The molecule has 0 aliphatic carbocycles. The topological polar surface area (TPSA) is 58.4 Å². The number of amides is 1. The molecule has 0 bridgehead atoms. The Hall–Kier alpha value is -2.49. The second-order valence-electron chi connectivity index (χ2n) is 6.60. The van der Waals surface area contributed by atoms with E-state index in [1.807, 2.05) is 43.3 Å². The Labute approximate surface area is 143 Å². The van der Waals surface area contributed by atoms with Crippen molar-refractivity contribution in [2.45, 2.75) is 33.1 Å². The van der Waals surface area contributed by atoms with Gasteiger partial charge in [0.05, 0.1) is 11.4 Å². The molecule has 0 atom stereocenters. The van der Waals surface area contributed by atoms with Gasteiger partial charge in [-0.1, -0.05) is 17.7 Å². The summed E-state index contributed by atoms with van der Waals surface area (Å²) in [6.45, 7) is 6.18. The molecule has 0 saturated carbocycles. The van der Waals surface area contributed by atoms with Gasteiger partial charge in [0, 0.05) is 24.3 Å². The predicted octanol–water partition coefficient (Wildman–Crippen LogP) is 4.13. The number of nitrogen functional groups attached to an aromatic ring is 1. The number of carbonyl (C=O) groups is 1. The summed E-state index contributed by atoms with van der Waals surface area (Å²) < 4.78 is 0. The molecule has 1 amide bonds. The summed E-state index contributed by atoms with van der Waals surface area (Å²) in [7, 11) is 0. The summed E-state index contributed by atoms with van der Waals surface area (Å²) in [5.74, 6) is -0.126. The van der Waals surface area contributed by atoms with Gasteiger partial charge in [0.1, 0.15) is 0 Å². The number of rotatable bonds is 3. The van der Waals surface area contributed by atoms with Crippen LogP contribution in [0.1, 0.15) is 40.7 Å². The maximum absolute atomic E-state index is 12.5. The molecule has 1 saturated heterocycles. The minimum Gasteiger partial charge on any atom is -0.397 e. The first-order valence-corrected chi connectivity index (χ1v) is 8.57. The largest absolute Gasteiger partial charge is 0.397 e. The second kappa shape index (κ2) is 6.95. The lowest BCUT2D eigenvalue weighted by atomic mass is 10.1. The zero-order chi connectivity index (χ0) is 17.1. The van der Waals surface area contributed by atoms with E-state index < -0.39 is 0 Å². The third-order valence-corrected chi connectivity index (χ3v) is 4.59. The highest BCUT2D eigenvalue weighted by atomic mass is 16.1. The molecule has 0 spiro atoms. The summed E-state index contributed by atoms with van der Waals surface area (Å²) in [6, 6.07) is 11.5. The normalized spacial score (nSPS) is 14.5. The van der Waals surface area contributed by atoms with Crippen LogP contribution in [-0.4, -0.2) is 19.0 Å². The Bertz CT molecular complexity index is 749. The van der Waals surface area contributed by atoms with Gasteiger partial charge < -0.3 is 16.0 Å². The van der Waals surface area contributed by atoms with Crippen LogP contribution in [-0.2, 0) is 0 Å². The Kier molecular flexibility index (Phi) is 4.74. The van der Waals surface area contributed by atoms with Gasteiger partial charge >= 0.3 is 0 Å². The van der Waals surface area contributed by atoms with Crippen LogP contribution >= 0.6 is 0 Å². The van der Waals surface area contributed by atoms with Gasteiger partial charge in [-0.15, -0.1) is 0 Å². The van der Waals surface area contributed by atoms with E-state index in [0.29, 0.717) is 16.9 Å². The van der Waals surface area contributed by atoms with Crippen molar-refractivity contribution in [1.82, 2.24) is 0 Å². The summed E-state index contributed by atoms with van der Waals surface area (Å²) in [4.78, 5) is 14.9. The zero-order valence-corrected chi connectivity index (χ0v) is 14.4. The highest BCUT2D eigenvalue weighted by Crippen LogP contribution is 2.31. The van der Waals surface area contributed by atoms with Crippen LogP contribution in [0.5, 0.6) is 0 Å². The average Bonchev–Trinajstić information content (AvgIpc) is 2.58. The number of aryl methyl sites for hydroxylation is 2. The third kappa shape index (κ3) is 3.53. The number of anilines is 3. The lowest BCUT2D eigenvalue weighted by Gasteiger charge is -2.31. The number of piperidine rings is 1. The molecule has 126 valence electrons. The molecule has 1 aliphatic rings. The van der Waals surface area contributed by atoms with Gasteiger partial charge in [-0.25, -0.2) is 0 Å². The monoisotopic (exact) mass is 323 g/mol. The second-order valence-corrected chi connectivity index (χ2v) is 6.60. The van der Waals surface area contributed by atoms with E-state index in [9.17, 15) is 4.79 Å². The first-order chi connectivity index (χ1) is 11.5. The van der Waals surface area contributed by atoms with Crippen LogP contribution in [0.3, 0.4) is 0 Å². The molecule has 2 aromatic carbocycles. The van der Waals surface area contributed by atoms with Gasteiger partial charge in [0.15, 0.2) is 0 Å². The molecule has 24 heavy (non-hydrogen) atoms. The van der Waals surface area contributed by atoms with E-state index in [4.69, 9.17) is 5.73 Å². The summed E-state index contributed by atoms with van der Waals surface area (Å²) >= 11 is 0. The number of hydrogen-bond donors (Lipinski definition) is 2. The van der Waals surface area contributed by atoms with Crippen molar-refractivity contribution in [1.29, 1.82) is 0 Å². The van der Waals surface area contributed by atoms with Crippen molar-refractivity contribution in [3.63, 3.8) is 0 Å². The minimum absolute atomic E-state index is 0.126. The predicted molar refractivity (Wildman–Crippen MR) is 101 cm³/mol. The molecule has 1 aliphatic heterocycles. The smallest absolute Gasteiger partial charge is 0.255 e.